The number of carbonyl (C=O) groups excluding carboxylic acids is 2. The van der Waals surface area contributed by atoms with Gasteiger partial charge in [0.2, 0.25) is 11.8 Å². The Balaban J connectivity index is 1.71. The number of hydrogen-bond acceptors (Lipinski definition) is 7. The van der Waals surface area contributed by atoms with Gasteiger partial charge < -0.3 is 30.0 Å². The highest BCUT2D eigenvalue weighted by Crippen LogP contribution is 2.28. The Kier molecular flexibility index (Phi) is 12.1. The second-order valence-electron chi connectivity index (χ2n) is 9.11. The van der Waals surface area contributed by atoms with Crippen molar-refractivity contribution in [2.75, 3.05) is 35.0 Å². The van der Waals surface area contributed by atoms with Crippen LogP contribution in [0, 0.1) is 0 Å². The number of nitrogens with zero attached hydrogens (tertiary/aromatic N) is 1. The number of rotatable bonds is 13. The number of aliphatic imine (C=N–C) groups is 1. The summed E-state index contributed by atoms with van der Waals surface area (Å²) in [5, 5.41) is 6.29. The molecule has 0 aromatic heterocycles. The molecule has 0 fully saturated rings. The summed E-state index contributed by atoms with van der Waals surface area (Å²) in [5.74, 6) is 1.24. The largest absolute Gasteiger partial charge is 0.493 e. The molecule has 3 rings (SSSR count). The van der Waals surface area contributed by atoms with Gasteiger partial charge in [-0.05, 0) is 59.5 Å². The van der Waals surface area contributed by atoms with Gasteiger partial charge in [-0.3, -0.25) is 14.9 Å². The van der Waals surface area contributed by atoms with Gasteiger partial charge in [-0.1, -0.05) is 41.4 Å². The first-order chi connectivity index (χ1) is 20.2. The van der Waals surface area contributed by atoms with Crippen LogP contribution in [0.1, 0.15) is 16.7 Å². The first-order valence-corrected chi connectivity index (χ1v) is 13.7. The average Bonchev–Trinajstić information content (AvgIpc) is 2.97. The van der Waals surface area contributed by atoms with Crippen molar-refractivity contribution in [1.82, 2.24) is 10.6 Å². The molecule has 0 spiro atoms. The number of hydrogen-bond donors (Lipinski definition) is 3. The summed E-state index contributed by atoms with van der Waals surface area (Å²) in [6.07, 6.45) is 0.661. The lowest BCUT2D eigenvalue weighted by Crippen LogP contribution is -2.42. The SMILES string of the molecule is COc1ccc(CCNC(=O)C(Cc2ccc(Cl)cc2Cl)N=C(N)NC(=O)Cc2ccc(OC)c(OC)c2)cc1OC. The van der Waals surface area contributed by atoms with Crippen LogP contribution in [0.25, 0.3) is 0 Å². The third kappa shape index (κ3) is 9.19. The van der Waals surface area contributed by atoms with Crippen molar-refractivity contribution in [3.63, 3.8) is 0 Å². The lowest BCUT2D eigenvalue weighted by molar-refractivity contribution is -0.122. The van der Waals surface area contributed by atoms with Crippen LogP contribution in [0.2, 0.25) is 10.0 Å². The standard InChI is InChI=1S/C30H34Cl2N4O6/c1-39-24-9-5-18(13-26(24)41-3)11-12-34-29(38)23(16-20-7-8-21(31)17-22(20)32)35-30(33)36-28(37)15-19-6-10-25(40-2)27(14-19)42-4/h5-10,13-14,17,23H,11-12,15-16H2,1-4H3,(H,34,38)(H3,33,35,36,37). The molecule has 0 saturated heterocycles. The van der Waals surface area contributed by atoms with E-state index in [1.54, 1.807) is 56.7 Å². The molecular weight excluding hydrogens is 583 g/mol. The molecule has 0 radical (unpaired) electrons. The molecule has 3 aromatic rings. The van der Waals surface area contributed by atoms with Crippen LogP contribution in [-0.4, -0.2) is 58.8 Å². The molecule has 42 heavy (non-hydrogen) atoms. The van der Waals surface area contributed by atoms with Gasteiger partial charge in [0, 0.05) is 23.0 Å². The number of nitrogens with one attached hydrogen (secondary N) is 2. The van der Waals surface area contributed by atoms with Crippen LogP contribution < -0.4 is 35.3 Å². The third-order valence-electron chi connectivity index (χ3n) is 6.27. The summed E-state index contributed by atoms with van der Waals surface area (Å²) in [5.41, 5.74) is 8.34. The molecule has 0 aliphatic heterocycles. The van der Waals surface area contributed by atoms with E-state index < -0.39 is 17.9 Å². The highest BCUT2D eigenvalue weighted by molar-refractivity contribution is 6.35. The number of amides is 2. The fourth-order valence-electron chi connectivity index (χ4n) is 4.14. The van der Waals surface area contributed by atoms with Crippen molar-refractivity contribution >= 4 is 41.0 Å². The van der Waals surface area contributed by atoms with E-state index in [4.69, 9.17) is 47.9 Å². The summed E-state index contributed by atoms with van der Waals surface area (Å²) in [6.45, 7) is 0.320. The van der Waals surface area contributed by atoms with E-state index in [-0.39, 0.29) is 18.8 Å². The summed E-state index contributed by atoms with van der Waals surface area (Å²) >= 11 is 12.4. The Labute approximate surface area is 255 Å². The fourth-order valence-corrected chi connectivity index (χ4v) is 4.63. The molecule has 0 bridgehead atoms. The zero-order valence-electron chi connectivity index (χ0n) is 23.8. The zero-order chi connectivity index (χ0) is 30.6. The molecule has 1 atom stereocenters. The lowest BCUT2D eigenvalue weighted by atomic mass is 10.1. The number of guanidine groups is 1. The molecule has 0 aliphatic carbocycles. The van der Waals surface area contributed by atoms with Gasteiger partial charge in [0.15, 0.2) is 29.0 Å². The second kappa shape index (κ2) is 15.7. The molecule has 4 N–H and O–H groups in total. The van der Waals surface area contributed by atoms with Gasteiger partial charge in [-0.15, -0.1) is 0 Å². The van der Waals surface area contributed by atoms with Crippen LogP contribution >= 0.6 is 23.2 Å². The summed E-state index contributed by atoms with van der Waals surface area (Å²) < 4.78 is 21.2. The van der Waals surface area contributed by atoms with Crippen LogP contribution in [0.3, 0.4) is 0 Å². The summed E-state index contributed by atoms with van der Waals surface area (Å²) in [6, 6.07) is 14.7. The molecule has 10 nitrogen and oxygen atoms in total. The minimum Gasteiger partial charge on any atom is -0.493 e. The Morgan fingerprint density at radius 1 is 0.833 bits per heavy atom. The molecule has 0 saturated carbocycles. The lowest BCUT2D eigenvalue weighted by Gasteiger charge is -2.16. The zero-order valence-corrected chi connectivity index (χ0v) is 25.3. The first-order valence-electron chi connectivity index (χ1n) is 12.9. The third-order valence-corrected chi connectivity index (χ3v) is 6.85. The van der Waals surface area contributed by atoms with E-state index in [1.807, 2.05) is 12.1 Å². The van der Waals surface area contributed by atoms with Crippen molar-refractivity contribution in [2.24, 2.45) is 10.7 Å². The smallest absolute Gasteiger partial charge is 0.245 e. The van der Waals surface area contributed by atoms with E-state index in [9.17, 15) is 9.59 Å². The summed E-state index contributed by atoms with van der Waals surface area (Å²) in [4.78, 5) is 30.3. The molecule has 224 valence electrons. The van der Waals surface area contributed by atoms with Gasteiger partial charge in [0.05, 0.1) is 34.9 Å². The highest BCUT2D eigenvalue weighted by atomic mass is 35.5. The second-order valence-corrected chi connectivity index (χ2v) is 9.96. The number of ether oxygens (including phenoxy) is 4. The number of methoxy groups -OCH3 is 4. The van der Waals surface area contributed by atoms with E-state index in [2.05, 4.69) is 15.6 Å². The topological polar surface area (TPSA) is 134 Å². The quantitative estimate of drug-likeness (QED) is 0.195. The van der Waals surface area contributed by atoms with Crippen LogP contribution in [0.5, 0.6) is 23.0 Å². The molecule has 2 amide bonds. The predicted molar refractivity (Wildman–Crippen MR) is 163 cm³/mol. The molecule has 12 heteroatoms. The molecule has 1 unspecified atom stereocenters. The van der Waals surface area contributed by atoms with Crippen LogP contribution in [0.15, 0.2) is 59.6 Å². The van der Waals surface area contributed by atoms with Gasteiger partial charge in [-0.25, -0.2) is 4.99 Å². The molecule has 0 heterocycles. The minimum atomic E-state index is -0.976. The summed E-state index contributed by atoms with van der Waals surface area (Å²) in [7, 11) is 6.17. The van der Waals surface area contributed by atoms with Gasteiger partial charge in [-0.2, -0.15) is 0 Å². The molecule has 0 aliphatic rings. The number of benzene rings is 3. The van der Waals surface area contributed by atoms with Crippen molar-refractivity contribution in [3.8, 4) is 23.0 Å². The van der Waals surface area contributed by atoms with Crippen LogP contribution in [0.4, 0.5) is 0 Å². The Morgan fingerprint density at radius 2 is 1.43 bits per heavy atom. The molecule has 3 aromatic carbocycles. The normalized spacial score (nSPS) is 11.8. The average molecular weight is 618 g/mol. The number of carbonyl (C=O) groups is 2. The number of nitrogens with two attached hydrogens (primary N) is 1. The van der Waals surface area contributed by atoms with Gasteiger partial charge in [0.1, 0.15) is 6.04 Å². The Hall–Kier alpha value is -4.15. The minimum absolute atomic E-state index is 0.00176. The Morgan fingerprint density at radius 3 is 2.02 bits per heavy atom. The highest BCUT2D eigenvalue weighted by Gasteiger charge is 2.21. The van der Waals surface area contributed by atoms with Gasteiger partial charge >= 0.3 is 0 Å². The Bertz CT molecular complexity index is 1430. The fraction of sp³-hybridized carbons (Fsp3) is 0.300. The van der Waals surface area contributed by atoms with E-state index >= 15 is 0 Å². The van der Waals surface area contributed by atoms with Gasteiger partial charge in [0.25, 0.3) is 0 Å². The van der Waals surface area contributed by atoms with Crippen molar-refractivity contribution < 1.29 is 28.5 Å². The first kappa shape index (κ1) is 32.4. The van der Waals surface area contributed by atoms with Crippen molar-refractivity contribution in [2.45, 2.75) is 25.3 Å². The van der Waals surface area contributed by atoms with Crippen LogP contribution in [-0.2, 0) is 28.9 Å². The van der Waals surface area contributed by atoms with E-state index in [0.29, 0.717) is 57.1 Å². The van der Waals surface area contributed by atoms with E-state index in [1.165, 1.54) is 14.2 Å². The monoisotopic (exact) mass is 616 g/mol. The van der Waals surface area contributed by atoms with E-state index in [0.717, 1.165) is 5.56 Å². The molecular formula is C30H34Cl2N4O6. The van der Waals surface area contributed by atoms with Crippen molar-refractivity contribution in [3.05, 3.63) is 81.3 Å². The number of halogens is 2. The predicted octanol–water partition coefficient (Wildman–Crippen LogP) is 3.97. The van der Waals surface area contributed by atoms with Crippen molar-refractivity contribution in [1.29, 1.82) is 0 Å². The maximum Gasteiger partial charge on any atom is 0.245 e. The maximum absolute atomic E-state index is 13.3. The maximum atomic E-state index is 13.3.